The van der Waals surface area contributed by atoms with Gasteiger partial charge in [0, 0.05) is 22.5 Å². The van der Waals surface area contributed by atoms with Gasteiger partial charge in [0.15, 0.2) is 0 Å². The molecule has 0 bridgehead atoms. The molecule has 0 spiro atoms. The van der Waals surface area contributed by atoms with E-state index in [1.165, 1.54) is 5.39 Å². The summed E-state index contributed by atoms with van der Waals surface area (Å²) in [4.78, 5) is 4.20. The molecule has 3 rings (SSSR count). The van der Waals surface area contributed by atoms with Crippen LogP contribution < -0.4 is 0 Å². The summed E-state index contributed by atoms with van der Waals surface area (Å²) < 4.78 is 11.6. The molecule has 1 atom stereocenters. The first-order valence-electron chi connectivity index (χ1n) is 5.10. The van der Waals surface area contributed by atoms with Crippen LogP contribution in [-0.2, 0) is 10.8 Å². The Kier molecular flexibility index (Phi) is 2.07. The smallest absolute Gasteiger partial charge is 0.0628 e. The van der Waals surface area contributed by atoms with Crippen LogP contribution in [0.15, 0.2) is 47.4 Å². The molecule has 1 heterocycles. The highest BCUT2D eigenvalue weighted by atomic mass is 32.2. The Bertz CT molecular complexity index is 699. The highest BCUT2D eigenvalue weighted by molar-refractivity contribution is 7.84. The molecule has 0 fully saturated rings. The molecule has 80 valence electrons. The van der Waals surface area contributed by atoms with Gasteiger partial charge in [-0.05, 0) is 12.1 Å². The van der Waals surface area contributed by atoms with Gasteiger partial charge in [0.25, 0.3) is 0 Å². The first-order chi connectivity index (χ1) is 7.77. The maximum Gasteiger partial charge on any atom is 0.0628 e. The van der Waals surface area contributed by atoms with Crippen molar-refractivity contribution in [2.24, 2.45) is 0 Å². The molecule has 2 nitrogen and oxygen atoms in total. The van der Waals surface area contributed by atoms with Gasteiger partial charge in [0.1, 0.15) is 0 Å². The summed E-state index contributed by atoms with van der Waals surface area (Å²) >= 11 is 0. The van der Waals surface area contributed by atoms with Crippen LogP contribution in [0.2, 0.25) is 0 Å². The monoisotopic (exact) mass is 229 g/mol. The number of hydrogen-bond donors (Lipinski definition) is 1. The van der Waals surface area contributed by atoms with E-state index in [2.05, 4.69) is 17.1 Å². The predicted octanol–water partition coefficient (Wildman–Crippen LogP) is 3.06. The van der Waals surface area contributed by atoms with Gasteiger partial charge in [0.05, 0.1) is 21.2 Å². The van der Waals surface area contributed by atoms with Crippen molar-refractivity contribution >= 4 is 32.6 Å². The highest BCUT2D eigenvalue weighted by Crippen LogP contribution is 2.28. The molecule has 2 aromatic carbocycles. The Hall–Kier alpha value is -1.61. The molecule has 0 radical (unpaired) electrons. The molecule has 0 aliphatic heterocycles. The van der Waals surface area contributed by atoms with Gasteiger partial charge in [-0.25, -0.2) is 0 Å². The van der Waals surface area contributed by atoms with Crippen LogP contribution in [0, 0.1) is 0 Å². The van der Waals surface area contributed by atoms with E-state index in [1.54, 1.807) is 6.26 Å². The van der Waals surface area contributed by atoms with Gasteiger partial charge in [-0.15, -0.1) is 0 Å². The lowest BCUT2D eigenvalue weighted by Gasteiger charge is -1.97. The Balaban J connectivity index is 2.54. The van der Waals surface area contributed by atoms with Crippen molar-refractivity contribution in [1.82, 2.24) is 4.98 Å². The topological polar surface area (TPSA) is 32.9 Å². The minimum absolute atomic E-state index is 0.869. The Morgan fingerprint density at radius 3 is 2.56 bits per heavy atom. The second-order valence-corrected chi connectivity index (χ2v) is 5.15. The summed E-state index contributed by atoms with van der Waals surface area (Å²) in [5, 5.41) is 2.33. The molecule has 0 aliphatic rings. The standard InChI is InChI=1S/C13H11NOS/c1-16(15)12-8-4-6-10-9-5-2-3-7-11(9)14-13(10)12/h2-8,14H,1H3. The van der Waals surface area contributed by atoms with Crippen molar-refractivity contribution in [2.75, 3.05) is 6.26 Å². The number of nitrogens with one attached hydrogen (secondary N) is 1. The number of benzene rings is 2. The molecule has 1 aromatic heterocycles. The second-order valence-electron chi connectivity index (χ2n) is 3.80. The number of para-hydroxylation sites is 2. The van der Waals surface area contributed by atoms with E-state index in [1.807, 2.05) is 30.3 Å². The van der Waals surface area contributed by atoms with Gasteiger partial charge in [-0.1, -0.05) is 30.3 Å². The van der Waals surface area contributed by atoms with Crippen molar-refractivity contribution in [2.45, 2.75) is 4.90 Å². The molecule has 3 heteroatoms. The lowest BCUT2D eigenvalue weighted by atomic mass is 10.1. The summed E-state index contributed by atoms with van der Waals surface area (Å²) in [5.74, 6) is 0. The zero-order valence-corrected chi connectivity index (χ0v) is 9.67. The average Bonchev–Trinajstić information content (AvgIpc) is 2.67. The van der Waals surface area contributed by atoms with Gasteiger partial charge in [-0.3, -0.25) is 4.21 Å². The summed E-state index contributed by atoms with van der Waals surface area (Å²) in [6.45, 7) is 0. The van der Waals surface area contributed by atoms with E-state index in [0.29, 0.717) is 0 Å². The van der Waals surface area contributed by atoms with Crippen LogP contribution >= 0.6 is 0 Å². The zero-order chi connectivity index (χ0) is 11.1. The molecular weight excluding hydrogens is 218 g/mol. The Morgan fingerprint density at radius 1 is 1.00 bits per heavy atom. The van der Waals surface area contributed by atoms with Gasteiger partial charge >= 0.3 is 0 Å². The maximum absolute atomic E-state index is 11.6. The number of fused-ring (bicyclic) bond motifs is 3. The fourth-order valence-electron chi connectivity index (χ4n) is 2.09. The predicted molar refractivity (Wildman–Crippen MR) is 68.1 cm³/mol. The molecular formula is C13H11NOS. The highest BCUT2D eigenvalue weighted by Gasteiger charge is 2.08. The van der Waals surface area contributed by atoms with E-state index >= 15 is 0 Å². The van der Waals surface area contributed by atoms with Crippen molar-refractivity contribution in [3.8, 4) is 0 Å². The van der Waals surface area contributed by atoms with Crippen LogP contribution in [0.3, 0.4) is 0 Å². The van der Waals surface area contributed by atoms with E-state index in [-0.39, 0.29) is 0 Å². The fourth-order valence-corrected chi connectivity index (χ4v) is 2.80. The number of aromatic amines is 1. The number of aromatic nitrogens is 1. The molecule has 0 saturated heterocycles. The van der Waals surface area contributed by atoms with Crippen molar-refractivity contribution in [1.29, 1.82) is 0 Å². The Morgan fingerprint density at radius 2 is 1.75 bits per heavy atom. The van der Waals surface area contributed by atoms with Gasteiger partial charge < -0.3 is 4.98 Å². The van der Waals surface area contributed by atoms with E-state index < -0.39 is 10.8 Å². The molecule has 1 N–H and O–H groups in total. The number of H-pyrrole nitrogens is 1. The largest absolute Gasteiger partial charge is 0.354 e. The second kappa shape index (κ2) is 3.46. The van der Waals surface area contributed by atoms with Crippen LogP contribution in [-0.4, -0.2) is 15.4 Å². The van der Waals surface area contributed by atoms with Crippen LogP contribution in [0.4, 0.5) is 0 Å². The van der Waals surface area contributed by atoms with Gasteiger partial charge in [-0.2, -0.15) is 0 Å². The first kappa shape index (κ1) is 9.60. The molecule has 1 unspecified atom stereocenters. The van der Waals surface area contributed by atoms with Crippen LogP contribution in [0.5, 0.6) is 0 Å². The van der Waals surface area contributed by atoms with Gasteiger partial charge in [0.2, 0.25) is 0 Å². The lowest BCUT2D eigenvalue weighted by molar-refractivity contribution is 0.687. The zero-order valence-electron chi connectivity index (χ0n) is 8.86. The van der Waals surface area contributed by atoms with E-state index in [9.17, 15) is 4.21 Å². The quantitative estimate of drug-likeness (QED) is 0.683. The summed E-state index contributed by atoms with van der Waals surface area (Å²) in [6, 6.07) is 14.1. The third-order valence-corrected chi connectivity index (χ3v) is 3.77. The molecule has 0 amide bonds. The minimum Gasteiger partial charge on any atom is -0.354 e. The van der Waals surface area contributed by atoms with Crippen molar-refractivity contribution < 1.29 is 4.21 Å². The molecule has 3 aromatic rings. The average molecular weight is 229 g/mol. The van der Waals surface area contributed by atoms with Crippen molar-refractivity contribution in [3.05, 3.63) is 42.5 Å². The summed E-state index contributed by atoms with van der Waals surface area (Å²) in [7, 11) is -0.961. The van der Waals surface area contributed by atoms with Crippen LogP contribution in [0.1, 0.15) is 0 Å². The lowest BCUT2D eigenvalue weighted by Crippen LogP contribution is -1.88. The minimum atomic E-state index is -0.961. The molecule has 16 heavy (non-hydrogen) atoms. The third kappa shape index (κ3) is 1.28. The summed E-state index contributed by atoms with van der Waals surface area (Å²) in [5.41, 5.74) is 2.08. The molecule has 0 saturated carbocycles. The SMILES string of the molecule is CS(=O)c1cccc2c1[nH]c1ccccc12. The van der Waals surface area contributed by atoms with Crippen LogP contribution in [0.25, 0.3) is 21.8 Å². The summed E-state index contributed by atoms with van der Waals surface area (Å²) in [6.07, 6.45) is 1.71. The maximum atomic E-state index is 11.6. The van der Waals surface area contributed by atoms with Crippen molar-refractivity contribution in [3.63, 3.8) is 0 Å². The van der Waals surface area contributed by atoms with E-state index in [0.717, 1.165) is 21.3 Å². The number of rotatable bonds is 1. The van der Waals surface area contributed by atoms with E-state index in [4.69, 9.17) is 0 Å². The normalized spacial score (nSPS) is 13.3. The number of hydrogen-bond acceptors (Lipinski definition) is 1. The Labute approximate surface area is 95.7 Å². The molecule has 0 aliphatic carbocycles. The third-order valence-electron chi connectivity index (χ3n) is 2.81. The fraction of sp³-hybridized carbons (Fsp3) is 0.0769. The first-order valence-corrected chi connectivity index (χ1v) is 6.66.